The standard InChI is InChI=1S/C5H12O.C5H10/c1-3-5(6)4-2;1-3-5-4-2/h5-6H,3-4H2,1-2H3;3,5H,4H2,1-2H3/b;5-3+. The van der Waals surface area contributed by atoms with Crippen LogP contribution in [0.25, 0.3) is 0 Å². The summed E-state index contributed by atoms with van der Waals surface area (Å²) in [7, 11) is 0. The summed E-state index contributed by atoms with van der Waals surface area (Å²) in [5.74, 6) is 0. The molecule has 0 aliphatic carbocycles. The van der Waals surface area contributed by atoms with Crippen molar-refractivity contribution in [2.45, 2.75) is 53.1 Å². The van der Waals surface area contributed by atoms with Gasteiger partial charge in [-0.1, -0.05) is 32.9 Å². The van der Waals surface area contributed by atoms with E-state index in [1.54, 1.807) is 0 Å². The molecule has 68 valence electrons. The van der Waals surface area contributed by atoms with Crippen LogP contribution in [0.2, 0.25) is 0 Å². The smallest absolute Gasteiger partial charge is 0.0535 e. The average molecular weight is 158 g/mol. The fourth-order valence-electron chi connectivity index (χ4n) is 0.524. The van der Waals surface area contributed by atoms with Gasteiger partial charge in [0.2, 0.25) is 0 Å². The number of hydrogen-bond acceptors (Lipinski definition) is 1. The second-order valence-corrected chi connectivity index (χ2v) is 2.45. The first-order chi connectivity index (χ1) is 5.22. The number of allylic oxidation sites excluding steroid dienone is 2. The van der Waals surface area contributed by atoms with Gasteiger partial charge >= 0.3 is 0 Å². The molecule has 0 unspecified atom stereocenters. The largest absolute Gasteiger partial charge is 0.393 e. The lowest BCUT2D eigenvalue weighted by Crippen LogP contribution is -1.99. The van der Waals surface area contributed by atoms with E-state index in [9.17, 15) is 0 Å². The summed E-state index contributed by atoms with van der Waals surface area (Å²) in [6, 6.07) is 0. The Bertz CT molecular complexity index is 72.9. The predicted octanol–water partition coefficient (Wildman–Crippen LogP) is 3.14. The maximum absolute atomic E-state index is 8.67. The topological polar surface area (TPSA) is 20.2 Å². The Labute approximate surface area is 71.1 Å². The summed E-state index contributed by atoms with van der Waals surface area (Å²) in [5, 5.41) is 8.67. The van der Waals surface area contributed by atoms with Crippen molar-refractivity contribution in [3.05, 3.63) is 12.2 Å². The fraction of sp³-hybridized carbons (Fsp3) is 0.800. The van der Waals surface area contributed by atoms with Crippen molar-refractivity contribution < 1.29 is 5.11 Å². The van der Waals surface area contributed by atoms with Gasteiger partial charge in [-0.2, -0.15) is 0 Å². The molecule has 0 radical (unpaired) electrons. The van der Waals surface area contributed by atoms with Crippen LogP contribution in [0.4, 0.5) is 0 Å². The Morgan fingerprint density at radius 1 is 1.18 bits per heavy atom. The summed E-state index contributed by atoms with van der Waals surface area (Å²) in [6.07, 6.45) is 7.05. The van der Waals surface area contributed by atoms with E-state index in [-0.39, 0.29) is 6.10 Å². The van der Waals surface area contributed by atoms with Crippen molar-refractivity contribution >= 4 is 0 Å². The molecule has 0 aromatic rings. The summed E-state index contributed by atoms with van der Waals surface area (Å²) < 4.78 is 0. The summed E-state index contributed by atoms with van der Waals surface area (Å²) >= 11 is 0. The number of aliphatic hydroxyl groups excluding tert-OH is 1. The van der Waals surface area contributed by atoms with Gasteiger partial charge in [0.25, 0.3) is 0 Å². The molecule has 0 bridgehead atoms. The molecule has 0 aromatic heterocycles. The Hall–Kier alpha value is -0.300. The third kappa shape index (κ3) is 17.7. The van der Waals surface area contributed by atoms with Crippen LogP contribution >= 0.6 is 0 Å². The molecule has 0 fully saturated rings. The van der Waals surface area contributed by atoms with Crippen molar-refractivity contribution in [3.8, 4) is 0 Å². The maximum Gasteiger partial charge on any atom is 0.0535 e. The van der Waals surface area contributed by atoms with E-state index >= 15 is 0 Å². The zero-order valence-corrected chi connectivity index (χ0v) is 8.30. The van der Waals surface area contributed by atoms with Gasteiger partial charge in [-0.15, -0.1) is 0 Å². The van der Waals surface area contributed by atoms with Crippen molar-refractivity contribution in [3.63, 3.8) is 0 Å². The molecule has 0 atom stereocenters. The van der Waals surface area contributed by atoms with Crippen molar-refractivity contribution in [1.29, 1.82) is 0 Å². The van der Waals surface area contributed by atoms with E-state index in [0.717, 1.165) is 19.3 Å². The molecule has 0 aliphatic heterocycles. The lowest BCUT2D eigenvalue weighted by molar-refractivity contribution is 0.166. The predicted molar refractivity (Wildman–Crippen MR) is 51.7 cm³/mol. The average Bonchev–Trinajstić information content (AvgIpc) is 2.06. The van der Waals surface area contributed by atoms with E-state index in [1.807, 2.05) is 20.8 Å². The minimum absolute atomic E-state index is 0.0648. The third-order valence-corrected chi connectivity index (χ3v) is 1.41. The molecule has 0 saturated heterocycles. The zero-order valence-electron chi connectivity index (χ0n) is 8.30. The number of hydrogen-bond donors (Lipinski definition) is 1. The van der Waals surface area contributed by atoms with E-state index in [4.69, 9.17) is 5.11 Å². The van der Waals surface area contributed by atoms with Gasteiger partial charge in [0.05, 0.1) is 6.10 Å². The summed E-state index contributed by atoms with van der Waals surface area (Å²) in [5.41, 5.74) is 0. The number of aliphatic hydroxyl groups is 1. The summed E-state index contributed by atoms with van der Waals surface area (Å²) in [6.45, 7) is 8.12. The van der Waals surface area contributed by atoms with Crippen LogP contribution in [0.3, 0.4) is 0 Å². The third-order valence-electron chi connectivity index (χ3n) is 1.41. The zero-order chi connectivity index (χ0) is 9.11. The van der Waals surface area contributed by atoms with Crippen LogP contribution in [-0.2, 0) is 0 Å². The van der Waals surface area contributed by atoms with E-state index in [2.05, 4.69) is 19.1 Å². The Morgan fingerprint density at radius 3 is 1.64 bits per heavy atom. The highest BCUT2D eigenvalue weighted by atomic mass is 16.3. The lowest BCUT2D eigenvalue weighted by atomic mass is 10.2. The Kier molecular flexibility index (Phi) is 15.0. The monoisotopic (exact) mass is 158 g/mol. The van der Waals surface area contributed by atoms with Crippen LogP contribution in [0.1, 0.15) is 47.0 Å². The SMILES string of the molecule is C/C=C/CC.CCC(O)CC. The molecule has 0 aliphatic rings. The van der Waals surface area contributed by atoms with Gasteiger partial charge in [-0.05, 0) is 26.2 Å². The number of rotatable bonds is 3. The van der Waals surface area contributed by atoms with Crippen LogP contribution in [0.15, 0.2) is 12.2 Å². The Morgan fingerprint density at radius 2 is 1.64 bits per heavy atom. The van der Waals surface area contributed by atoms with E-state index < -0.39 is 0 Å². The van der Waals surface area contributed by atoms with Crippen LogP contribution in [0, 0.1) is 0 Å². The van der Waals surface area contributed by atoms with Gasteiger partial charge in [-0.3, -0.25) is 0 Å². The molecule has 1 nitrogen and oxygen atoms in total. The van der Waals surface area contributed by atoms with Crippen molar-refractivity contribution in [2.75, 3.05) is 0 Å². The molecule has 11 heavy (non-hydrogen) atoms. The molecule has 0 rings (SSSR count). The molecule has 0 aromatic carbocycles. The quantitative estimate of drug-likeness (QED) is 0.626. The molecule has 0 heterocycles. The highest BCUT2D eigenvalue weighted by molar-refractivity contribution is 4.73. The van der Waals surface area contributed by atoms with Gasteiger partial charge in [0.15, 0.2) is 0 Å². The van der Waals surface area contributed by atoms with Gasteiger partial charge in [0.1, 0.15) is 0 Å². The Balaban J connectivity index is 0. The van der Waals surface area contributed by atoms with Crippen molar-refractivity contribution in [2.24, 2.45) is 0 Å². The van der Waals surface area contributed by atoms with Gasteiger partial charge in [-0.25, -0.2) is 0 Å². The first-order valence-electron chi connectivity index (χ1n) is 4.51. The second kappa shape index (κ2) is 12.4. The maximum atomic E-state index is 8.67. The molecular formula is C10H22O. The normalized spacial score (nSPS) is 10.0. The van der Waals surface area contributed by atoms with Crippen LogP contribution in [0.5, 0.6) is 0 Å². The van der Waals surface area contributed by atoms with Crippen LogP contribution < -0.4 is 0 Å². The first-order valence-corrected chi connectivity index (χ1v) is 4.51. The highest BCUT2D eigenvalue weighted by Gasteiger charge is 1.90. The molecule has 0 spiro atoms. The minimum atomic E-state index is -0.0648. The molecule has 1 N–H and O–H groups in total. The molecule has 1 heteroatoms. The highest BCUT2D eigenvalue weighted by Crippen LogP contribution is 1.91. The molecular weight excluding hydrogens is 136 g/mol. The van der Waals surface area contributed by atoms with Crippen molar-refractivity contribution in [1.82, 2.24) is 0 Å². The second-order valence-electron chi connectivity index (χ2n) is 2.45. The fourth-order valence-corrected chi connectivity index (χ4v) is 0.524. The molecule has 0 saturated carbocycles. The lowest BCUT2D eigenvalue weighted by Gasteiger charge is -1.98. The molecule has 0 amide bonds. The minimum Gasteiger partial charge on any atom is -0.393 e. The van der Waals surface area contributed by atoms with E-state index in [1.165, 1.54) is 0 Å². The summed E-state index contributed by atoms with van der Waals surface area (Å²) in [4.78, 5) is 0. The first kappa shape index (κ1) is 13.3. The van der Waals surface area contributed by atoms with E-state index in [0.29, 0.717) is 0 Å². The van der Waals surface area contributed by atoms with Crippen LogP contribution in [-0.4, -0.2) is 11.2 Å². The van der Waals surface area contributed by atoms with Gasteiger partial charge in [0, 0.05) is 0 Å². The van der Waals surface area contributed by atoms with Gasteiger partial charge < -0.3 is 5.11 Å².